The standard InChI is InChI=1S/C81H92N14O22S/c1-46(2)71(78(109)89-64(43-70(102)103)76(107)87-61(36-38-68(98)99)75(106)88-62(80(111)112)24-12-13-39-84-73(104)48-27-29-49(30-28-48)93-94-50-31-33-51(34-32-50)95(3)4)91-79(110)72(47-16-6-5-7-17-47)92-77(108)63(42-69(100)101)86-67(97)44-85-74(105)60(90-81(113)117-45-58-54-20-10-8-18-52(54)53-19-9-11-21-55(53)58)35-37-66(96)83-41-40-82-59-25-14-23-57-56(59)22-15-26-65(57)118(114,115)116/h5-11,14-23,25-34,46,58,60-64,71-72,82H,12-13,24,35-45H2,1-4H3,(H,83,96)(H,84,104)(H,85,105)(H,86,97)(H,87,107)(H,88,106)(H,89,109)(H,90,113)(H,91,110)(H,92,108)(H,98,99)(H,100,101)(H,102,103)(H,111,112)(H,114,115,116)/b94-93+/t60-,61-,62-,63-,64-,71-,72-/m0/s1. The summed E-state index contributed by atoms with van der Waals surface area (Å²) in [6.07, 6.45) is -5.51. The van der Waals surface area contributed by atoms with E-state index in [0.717, 1.165) is 27.9 Å². The number of aliphatic carboxylic acids is 4. The average Bonchev–Trinajstić information content (AvgIpc) is 1.58. The lowest BCUT2D eigenvalue weighted by atomic mass is 9.98. The summed E-state index contributed by atoms with van der Waals surface area (Å²) in [6, 6.07) is 32.3. The number of carboxylic acid groups (broad SMARTS) is 4. The van der Waals surface area contributed by atoms with Crippen molar-refractivity contribution in [2.45, 2.75) is 125 Å². The van der Waals surface area contributed by atoms with E-state index in [1.165, 1.54) is 62.4 Å². The van der Waals surface area contributed by atoms with E-state index in [9.17, 15) is 101 Å². The largest absolute Gasteiger partial charge is 0.481 e. The number of unbranched alkanes of at least 4 members (excludes halogenated alkanes) is 1. The van der Waals surface area contributed by atoms with Gasteiger partial charge in [-0.25, -0.2) is 9.59 Å². The Balaban J connectivity index is 0.871. The number of hydrogen-bond acceptors (Lipinski definition) is 21. The van der Waals surface area contributed by atoms with Crippen molar-refractivity contribution >= 4 is 127 Å². The van der Waals surface area contributed by atoms with Crippen LogP contribution in [0.1, 0.15) is 111 Å². The number of nitrogens with zero attached hydrogens (tertiary/aromatic N) is 3. The molecule has 0 radical (unpaired) electrons. The number of carboxylic acids is 4. The number of fused-ring (bicyclic) bond motifs is 4. The van der Waals surface area contributed by atoms with Gasteiger partial charge in [0.25, 0.3) is 16.0 Å². The van der Waals surface area contributed by atoms with E-state index in [-0.39, 0.29) is 61.3 Å². The van der Waals surface area contributed by atoms with E-state index in [2.05, 4.69) is 68.7 Å². The van der Waals surface area contributed by atoms with Crippen LogP contribution in [0.5, 0.6) is 0 Å². The van der Waals surface area contributed by atoms with E-state index in [1.807, 2.05) is 79.7 Å². The molecule has 624 valence electrons. The zero-order valence-corrected chi connectivity index (χ0v) is 65.4. The van der Waals surface area contributed by atoms with Crippen LogP contribution in [0.15, 0.2) is 179 Å². The van der Waals surface area contributed by atoms with Crippen LogP contribution in [-0.2, 0) is 72.4 Å². The molecule has 7 aromatic rings. The van der Waals surface area contributed by atoms with E-state index in [0.29, 0.717) is 28.0 Å². The van der Waals surface area contributed by atoms with E-state index < -0.39 is 192 Å². The van der Waals surface area contributed by atoms with Gasteiger partial charge in [0.1, 0.15) is 53.8 Å². The number of anilines is 2. The second kappa shape index (κ2) is 43.1. The second-order valence-electron chi connectivity index (χ2n) is 27.9. The first-order valence-electron chi connectivity index (χ1n) is 37.5. The first kappa shape index (κ1) is 89.8. The Morgan fingerprint density at radius 3 is 1.63 bits per heavy atom. The third-order valence-corrected chi connectivity index (χ3v) is 19.7. The monoisotopic (exact) mass is 1640 g/mol. The van der Waals surface area contributed by atoms with Crippen molar-refractivity contribution in [2.24, 2.45) is 16.1 Å². The number of carbonyl (C=O) groups is 14. The molecule has 1 aliphatic carbocycles. The molecule has 36 nitrogen and oxygen atoms in total. The third-order valence-electron chi connectivity index (χ3n) is 18.8. The topological polar surface area (TPSA) is 544 Å². The molecule has 16 N–H and O–H groups in total. The molecule has 0 spiro atoms. The summed E-state index contributed by atoms with van der Waals surface area (Å²) in [7, 11) is -0.751. The van der Waals surface area contributed by atoms with Crippen molar-refractivity contribution in [3.05, 3.63) is 186 Å². The quantitative estimate of drug-likeness (QED) is 0.0130. The predicted molar refractivity (Wildman–Crippen MR) is 428 cm³/mol. The van der Waals surface area contributed by atoms with Gasteiger partial charge in [-0.15, -0.1) is 0 Å². The van der Waals surface area contributed by atoms with Crippen molar-refractivity contribution in [1.29, 1.82) is 0 Å². The Morgan fingerprint density at radius 2 is 1.03 bits per heavy atom. The maximum Gasteiger partial charge on any atom is 0.407 e. The number of nitrogens with one attached hydrogen (secondary N) is 11. The van der Waals surface area contributed by atoms with Gasteiger partial charge >= 0.3 is 30.0 Å². The molecule has 0 aromatic heterocycles. The van der Waals surface area contributed by atoms with Crippen molar-refractivity contribution in [1.82, 2.24) is 53.2 Å². The summed E-state index contributed by atoms with van der Waals surface area (Å²) in [5, 5.41) is 75.8. The highest BCUT2D eigenvalue weighted by molar-refractivity contribution is 7.86. The van der Waals surface area contributed by atoms with Gasteiger partial charge in [-0.3, -0.25) is 62.1 Å². The molecule has 0 unspecified atom stereocenters. The molecule has 37 heteroatoms. The lowest BCUT2D eigenvalue weighted by Crippen LogP contribution is -2.59. The summed E-state index contributed by atoms with van der Waals surface area (Å²) >= 11 is 0. The Bertz CT molecular complexity index is 4930. The molecule has 118 heavy (non-hydrogen) atoms. The maximum absolute atomic E-state index is 14.5. The minimum atomic E-state index is -4.57. The van der Waals surface area contributed by atoms with Gasteiger partial charge in [0.05, 0.1) is 30.8 Å². The number of amides is 10. The number of azo groups is 1. The predicted octanol–water partition coefficient (Wildman–Crippen LogP) is 5.34. The molecule has 7 atom stereocenters. The molecule has 8 rings (SSSR count). The van der Waals surface area contributed by atoms with Crippen LogP contribution in [0.3, 0.4) is 0 Å². The number of rotatable bonds is 44. The fourth-order valence-corrected chi connectivity index (χ4v) is 13.4. The van der Waals surface area contributed by atoms with Gasteiger partial charge in [0, 0.05) is 80.2 Å². The van der Waals surface area contributed by atoms with Crippen molar-refractivity contribution in [3.63, 3.8) is 0 Å². The second-order valence-corrected chi connectivity index (χ2v) is 29.3. The van der Waals surface area contributed by atoms with Gasteiger partial charge in [0.2, 0.25) is 47.3 Å². The van der Waals surface area contributed by atoms with E-state index >= 15 is 0 Å². The van der Waals surface area contributed by atoms with Crippen LogP contribution in [0.2, 0.25) is 0 Å². The van der Waals surface area contributed by atoms with Crippen molar-refractivity contribution in [2.75, 3.05) is 57.1 Å². The molecule has 0 heterocycles. The minimum absolute atomic E-state index is 0.00530. The van der Waals surface area contributed by atoms with Crippen LogP contribution in [0.25, 0.3) is 21.9 Å². The fourth-order valence-electron chi connectivity index (χ4n) is 12.7. The first-order chi connectivity index (χ1) is 56.2. The van der Waals surface area contributed by atoms with Crippen LogP contribution in [-0.4, -0.2) is 200 Å². The zero-order chi connectivity index (χ0) is 85.8. The molecule has 0 saturated heterocycles. The molecule has 1 aliphatic rings. The highest BCUT2D eigenvalue weighted by Gasteiger charge is 2.38. The fraction of sp³-hybridized carbons (Fsp3) is 0.333. The highest BCUT2D eigenvalue weighted by atomic mass is 32.2. The molecule has 0 bridgehead atoms. The smallest absolute Gasteiger partial charge is 0.407 e. The van der Waals surface area contributed by atoms with Gasteiger partial charge in [-0.05, 0) is 127 Å². The molecule has 0 saturated carbocycles. The molecule has 10 amide bonds. The highest BCUT2D eigenvalue weighted by Crippen LogP contribution is 2.44. The van der Waals surface area contributed by atoms with Gasteiger partial charge in [-0.1, -0.05) is 117 Å². The minimum Gasteiger partial charge on any atom is -0.481 e. The molecule has 0 fully saturated rings. The van der Waals surface area contributed by atoms with Gasteiger partial charge in [0.15, 0.2) is 0 Å². The Kier molecular flexibility index (Phi) is 32.8. The van der Waals surface area contributed by atoms with Gasteiger partial charge < -0.3 is 88.5 Å². The van der Waals surface area contributed by atoms with Crippen molar-refractivity contribution < 1.29 is 105 Å². The number of carbonyl (C=O) groups excluding carboxylic acids is 10. The number of hydrogen-bond donors (Lipinski definition) is 16. The van der Waals surface area contributed by atoms with E-state index in [1.54, 1.807) is 54.6 Å². The van der Waals surface area contributed by atoms with Crippen LogP contribution >= 0.6 is 0 Å². The summed E-state index contributed by atoms with van der Waals surface area (Å²) < 4.78 is 39.6. The Morgan fingerprint density at radius 1 is 0.475 bits per heavy atom. The van der Waals surface area contributed by atoms with E-state index in [4.69, 9.17) is 4.74 Å². The van der Waals surface area contributed by atoms with Crippen LogP contribution in [0.4, 0.5) is 27.5 Å². The number of ether oxygens (including phenoxy) is 1. The molecule has 0 aliphatic heterocycles. The number of benzene rings is 7. The normalized spacial score (nSPS) is 13.4. The van der Waals surface area contributed by atoms with Crippen LogP contribution in [0, 0.1) is 5.92 Å². The number of alkyl carbamates (subject to hydrolysis) is 1. The summed E-state index contributed by atoms with van der Waals surface area (Å²) in [5.74, 6) is -17.1. The van der Waals surface area contributed by atoms with Crippen LogP contribution < -0.4 is 63.4 Å². The maximum atomic E-state index is 14.5. The Labute approximate surface area is 677 Å². The summed E-state index contributed by atoms with van der Waals surface area (Å²) in [5.41, 5.74) is 6.48. The third kappa shape index (κ3) is 26.7. The summed E-state index contributed by atoms with van der Waals surface area (Å²) in [6.45, 7) is 1.87. The average molecular weight is 1650 g/mol. The molecule has 7 aromatic carbocycles. The molecular weight excluding hydrogens is 1550 g/mol. The lowest BCUT2D eigenvalue weighted by Gasteiger charge is -2.28. The Hall–Kier alpha value is -13.7. The SMILES string of the molecule is CC(C)[C@H](NC(=O)[C@@H](NC(=O)[C@H](CC(=O)O)NC(=O)CNC(=O)[C@H](CCC(=O)NCCNc1cccc2c(S(=O)(=O)O)cccc12)NC(=O)OCC1c2ccccc2-c2ccccc21)c1ccccc1)C(=O)N[C@@H](CC(=O)O)C(=O)N[C@@H](CCC(=O)O)C(=O)N[C@@H](CCCCNC(=O)c1ccc(/N=N/c2ccc(N(C)C)cc2)cc1)C(=O)O. The molecular formula is C81H92N14O22S. The first-order valence-corrected chi connectivity index (χ1v) is 38.9. The zero-order valence-electron chi connectivity index (χ0n) is 64.6. The van der Waals surface area contributed by atoms with Crippen molar-refractivity contribution in [3.8, 4) is 11.1 Å². The van der Waals surface area contributed by atoms with Gasteiger partial charge in [-0.2, -0.15) is 18.6 Å². The lowest BCUT2D eigenvalue weighted by molar-refractivity contribution is -0.144. The summed E-state index contributed by atoms with van der Waals surface area (Å²) in [4.78, 5) is 189.